The third kappa shape index (κ3) is 3.89. The number of nitrogens with one attached hydrogen (secondary N) is 2. The van der Waals surface area contributed by atoms with Crippen molar-refractivity contribution in [2.75, 3.05) is 0 Å². The van der Waals surface area contributed by atoms with E-state index in [-0.39, 0.29) is 16.8 Å². The molecule has 0 bridgehead atoms. The first-order chi connectivity index (χ1) is 11.0. The Kier molecular flexibility index (Phi) is 4.64. The summed E-state index contributed by atoms with van der Waals surface area (Å²) in [4.78, 5) is 33.7. The topological polar surface area (TPSA) is 125 Å². The van der Waals surface area contributed by atoms with Crippen molar-refractivity contribution in [3.8, 4) is 6.07 Å². The minimum atomic E-state index is -0.685. The van der Waals surface area contributed by atoms with Gasteiger partial charge in [0.05, 0.1) is 16.6 Å². The highest BCUT2D eigenvalue weighted by Crippen LogP contribution is 2.12. The van der Waals surface area contributed by atoms with Crippen LogP contribution >= 0.6 is 0 Å². The van der Waals surface area contributed by atoms with Gasteiger partial charge in [-0.1, -0.05) is 6.07 Å². The van der Waals surface area contributed by atoms with Crippen molar-refractivity contribution in [1.82, 2.24) is 10.9 Å². The van der Waals surface area contributed by atoms with Crippen LogP contribution in [-0.2, 0) is 0 Å². The summed E-state index contributed by atoms with van der Waals surface area (Å²) in [5, 5.41) is 19.3. The second-order valence-corrected chi connectivity index (χ2v) is 4.40. The van der Waals surface area contributed by atoms with Crippen LogP contribution in [0.5, 0.6) is 0 Å². The summed E-state index contributed by atoms with van der Waals surface area (Å²) in [5.74, 6) is -1.26. The standard InChI is InChI=1S/C15H10N4O4/c16-9-10-4-6-11(7-5-10)14(20)17-18-15(21)12-2-1-3-13(8-12)19(22)23/h1-8H,(H,17,20)(H,18,21). The van der Waals surface area contributed by atoms with Crippen LogP contribution in [0.15, 0.2) is 48.5 Å². The van der Waals surface area contributed by atoms with Crippen LogP contribution in [-0.4, -0.2) is 16.7 Å². The number of nitrogens with zero attached hydrogens (tertiary/aromatic N) is 2. The van der Waals surface area contributed by atoms with Crippen molar-refractivity contribution >= 4 is 17.5 Å². The van der Waals surface area contributed by atoms with Crippen molar-refractivity contribution in [2.24, 2.45) is 0 Å². The molecular weight excluding hydrogens is 300 g/mol. The lowest BCUT2D eigenvalue weighted by Gasteiger charge is -2.07. The number of nitro benzene ring substituents is 1. The number of hydrogen-bond donors (Lipinski definition) is 2. The Morgan fingerprint density at radius 1 is 1.00 bits per heavy atom. The molecule has 0 heterocycles. The first-order valence-electron chi connectivity index (χ1n) is 6.36. The molecule has 0 aliphatic carbocycles. The van der Waals surface area contributed by atoms with Gasteiger partial charge in [-0.05, 0) is 30.3 Å². The molecule has 0 atom stereocenters. The fourth-order valence-electron chi connectivity index (χ4n) is 1.71. The Morgan fingerprint density at radius 3 is 2.17 bits per heavy atom. The second-order valence-electron chi connectivity index (χ2n) is 4.40. The van der Waals surface area contributed by atoms with Gasteiger partial charge in [0, 0.05) is 23.3 Å². The first-order valence-corrected chi connectivity index (χ1v) is 6.36. The van der Waals surface area contributed by atoms with E-state index in [4.69, 9.17) is 5.26 Å². The Labute approximate surface area is 130 Å². The van der Waals surface area contributed by atoms with Gasteiger partial charge in [-0.25, -0.2) is 0 Å². The Balaban J connectivity index is 2.01. The van der Waals surface area contributed by atoms with Gasteiger partial charge >= 0.3 is 0 Å². The van der Waals surface area contributed by atoms with E-state index in [9.17, 15) is 19.7 Å². The van der Waals surface area contributed by atoms with E-state index >= 15 is 0 Å². The van der Waals surface area contributed by atoms with Crippen molar-refractivity contribution in [3.63, 3.8) is 0 Å². The number of nitro groups is 1. The van der Waals surface area contributed by atoms with Crippen LogP contribution in [0.2, 0.25) is 0 Å². The zero-order valence-electron chi connectivity index (χ0n) is 11.6. The molecule has 0 spiro atoms. The van der Waals surface area contributed by atoms with Gasteiger partial charge in [0.1, 0.15) is 0 Å². The Morgan fingerprint density at radius 2 is 1.61 bits per heavy atom. The molecule has 0 fully saturated rings. The summed E-state index contributed by atoms with van der Waals surface area (Å²) < 4.78 is 0. The molecule has 0 aliphatic rings. The minimum absolute atomic E-state index is 0.0410. The molecule has 0 saturated carbocycles. The number of carbonyl (C=O) groups excluding carboxylic acids is 2. The van der Waals surface area contributed by atoms with Crippen molar-refractivity contribution in [2.45, 2.75) is 0 Å². The third-order valence-electron chi connectivity index (χ3n) is 2.88. The first kappa shape index (κ1) is 15.7. The molecule has 23 heavy (non-hydrogen) atoms. The molecule has 2 amide bonds. The largest absolute Gasteiger partial charge is 0.270 e. The minimum Gasteiger partial charge on any atom is -0.267 e. The smallest absolute Gasteiger partial charge is 0.267 e. The van der Waals surface area contributed by atoms with Gasteiger partial charge in [-0.2, -0.15) is 5.26 Å². The molecule has 0 unspecified atom stereocenters. The maximum Gasteiger partial charge on any atom is 0.270 e. The molecule has 0 aromatic heterocycles. The van der Waals surface area contributed by atoms with Gasteiger partial charge in [0.2, 0.25) is 0 Å². The summed E-state index contributed by atoms with van der Waals surface area (Å²) in [6.07, 6.45) is 0. The number of carbonyl (C=O) groups is 2. The zero-order chi connectivity index (χ0) is 16.8. The average Bonchev–Trinajstić information content (AvgIpc) is 2.59. The quantitative estimate of drug-likeness (QED) is 0.657. The van der Waals surface area contributed by atoms with E-state index in [1.54, 1.807) is 0 Å². The number of non-ortho nitro benzene ring substituents is 1. The molecule has 0 saturated heterocycles. The molecule has 2 rings (SSSR count). The van der Waals surface area contributed by atoms with E-state index in [0.29, 0.717) is 5.56 Å². The van der Waals surface area contributed by atoms with Gasteiger partial charge in [-0.15, -0.1) is 0 Å². The molecule has 2 N–H and O–H groups in total. The fraction of sp³-hybridized carbons (Fsp3) is 0. The zero-order valence-corrected chi connectivity index (χ0v) is 11.6. The lowest BCUT2D eigenvalue weighted by atomic mass is 10.1. The van der Waals surface area contributed by atoms with Crippen LogP contribution in [0.3, 0.4) is 0 Å². The van der Waals surface area contributed by atoms with E-state index in [0.717, 1.165) is 6.07 Å². The maximum atomic E-state index is 11.9. The molecule has 0 radical (unpaired) electrons. The highest BCUT2D eigenvalue weighted by molar-refractivity contribution is 5.99. The van der Waals surface area contributed by atoms with E-state index in [1.165, 1.54) is 42.5 Å². The number of amides is 2. The number of benzene rings is 2. The molecule has 2 aromatic carbocycles. The Hall–Kier alpha value is -3.73. The van der Waals surface area contributed by atoms with Gasteiger partial charge in [-0.3, -0.25) is 30.6 Å². The van der Waals surface area contributed by atoms with Crippen molar-refractivity contribution in [3.05, 3.63) is 75.3 Å². The predicted molar refractivity (Wildman–Crippen MR) is 79.2 cm³/mol. The summed E-state index contributed by atoms with van der Waals surface area (Å²) in [7, 11) is 0. The number of hydrogen-bond acceptors (Lipinski definition) is 5. The van der Waals surface area contributed by atoms with Gasteiger partial charge in [0.25, 0.3) is 17.5 Å². The molecule has 0 aliphatic heterocycles. The molecule has 8 nitrogen and oxygen atoms in total. The highest BCUT2D eigenvalue weighted by Gasteiger charge is 2.12. The lowest BCUT2D eigenvalue weighted by molar-refractivity contribution is -0.384. The monoisotopic (exact) mass is 310 g/mol. The van der Waals surface area contributed by atoms with Crippen LogP contribution < -0.4 is 10.9 Å². The predicted octanol–water partition coefficient (Wildman–Crippen LogP) is 1.54. The van der Waals surface area contributed by atoms with Crippen molar-refractivity contribution in [1.29, 1.82) is 5.26 Å². The van der Waals surface area contributed by atoms with E-state index in [1.807, 2.05) is 6.07 Å². The molecular formula is C15H10N4O4. The van der Waals surface area contributed by atoms with Crippen LogP contribution in [0.25, 0.3) is 0 Å². The lowest BCUT2D eigenvalue weighted by Crippen LogP contribution is -2.41. The van der Waals surface area contributed by atoms with Gasteiger partial charge < -0.3 is 0 Å². The number of rotatable bonds is 3. The SMILES string of the molecule is N#Cc1ccc(C(=O)NNC(=O)c2cccc([N+](=O)[O-])c2)cc1. The summed E-state index contributed by atoms with van der Waals surface area (Å²) in [6, 6.07) is 12.8. The van der Waals surface area contributed by atoms with Crippen LogP contribution in [0, 0.1) is 21.4 Å². The summed E-state index contributed by atoms with van der Waals surface area (Å²) >= 11 is 0. The van der Waals surface area contributed by atoms with Gasteiger partial charge in [0.15, 0.2) is 0 Å². The summed E-state index contributed by atoms with van der Waals surface area (Å²) in [5.41, 5.74) is 4.83. The van der Waals surface area contributed by atoms with E-state index in [2.05, 4.69) is 10.9 Å². The number of nitriles is 1. The summed E-state index contributed by atoms with van der Waals surface area (Å²) in [6.45, 7) is 0. The van der Waals surface area contributed by atoms with Crippen LogP contribution in [0.4, 0.5) is 5.69 Å². The number of hydrazine groups is 1. The Bertz CT molecular complexity index is 809. The highest BCUT2D eigenvalue weighted by atomic mass is 16.6. The second kappa shape index (κ2) is 6.82. The molecule has 114 valence electrons. The van der Waals surface area contributed by atoms with Crippen LogP contribution in [0.1, 0.15) is 26.3 Å². The third-order valence-corrected chi connectivity index (χ3v) is 2.88. The average molecular weight is 310 g/mol. The van der Waals surface area contributed by atoms with E-state index < -0.39 is 16.7 Å². The van der Waals surface area contributed by atoms with Crippen molar-refractivity contribution < 1.29 is 14.5 Å². The molecule has 2 aromatic rings. The maximum absolute atomic E-state index is 11.9. The normalized spacial score (nSPS) is 9.52. The molecule has 8 heteroatoms. The fourth-order valence-corrected chi connectivity index (χ4v) is 1.71.